The molecule has 0 radical (unpaired) electrons. The van der Waals surface area contributed by atoms with E-state index in [0.717, 1.165) is 47.6 Å². The van der Waals surface area contributed by atoms with Crippen molar-refractivity contribution in [3.8, 4) is 5.75 Å². The van der Waals surface area contributed by atoms with Gasteiger partial charge in [0, 0.05) is 23.5 Å². The maximum Gasteiger partial charge on any atom is 0.337 e. The van der Waals surface area contributed by atoms with Gasteiger partial charge in [-0.2, -0.15) is 0 Å². The molecule has 1 heterocycles. The Kier molecular flexibility index (Phi) is 3.22. The number of pyridine rings is 1. The predicted molar refractivity (Wildman–Crippen MR) is 86.8 cm³/mol. The van der Waals surface area contributed by atoms with Crippen molar-refractivity contribution in [2.24, 2.45) is 0 Å². The molecule has 0 aliphatic heterocycles. The van der Waals surface area contributed by atoms with Gasteiger partial charge < -0.3 is 15.2 Å². The second-order valence-corrected chi connectivity index (χ2v) is 6.22. The molecule has 5 nitrogen and oxygen atoms in total. The largest absolute Gasteiger partial charge is 0.497 e. The van der Waals surface area contributed by atoms with Gasteiger partial charge in [0.2, 0.25) is 0 Å². The molecule has 118 valence electrons. The summed E-state index contributed by atoms with van der Waals surface area (Å²) in [5.41, 5.74) is 3.35. The van der Waals surface area contributed by atoms with Gasteiger partial charge in [0.25, 0.3) is 0 Å². The van der Waals surface area contributed by atoms with Crippen molar-refractivity contribution in [1.82, 2.24) is 4.98 Å². The molecule has 23 heavy (non-hydrogen) atoms. The van der Waals surface area contributed by atoms with Crippen molar-refractivity contribution in [3.63, 3.8) is 0 Å². The lowest BCUT2D eigenvalue weighted by Crippen LogP contribution is -2.11. The van der Waals surface area contributed by atoms with Gasteiger partial charge in [0.15, 0.2) is 0 Å². The number of benzene rings is 1. The third-order valence-corrected chi connectivity index (χ3v) is 4.97. The highest BCUT2D eigenvalue weighted by Crippen LogP contribution is 2.56. The van der Waals surface area contributed by atoms with Gasteiger partial charge >= 0.3 is 5.97 Å². The molecule has 5 heteroatoms. The van der Waals surface area contributed by atoms with E-state index in [-0.39, 0.29) is 0 Å². The molecule has 2 aliphatic carbocycles. The fourth-order valence-corrected chi connectivity index (χ4v) is 4.01. The highest BCUT2D eigenvalue weighted by atomic mass is 16.5. The first-order chi connectivity index (χ1) is 11.2. The van der Waals surface area contributed by atoms with E-state index in [1.165, 1.54) is 6.20 Å². The molecule has 1 aromatic carbocycles. The maximum atomic E-state index is 11.5. The van der Waals surface area contributed by atoms with Gasteiger partial charge in [0.05, 0.1) is 12.7 Å². The second-order valence-electron chi connectivity index (χ2n) is 6.22. The van der Waals surface area contributed by atoms with Crippen molar-refractivity contribution in [2.45, 2.75) is 31.1 Å². The topological polar surface area (TPSA) is 71.5 Å². The van der Waals surface area contributed by atoms with Crippen LogP contribution in [0.2, 0.25) is 0 Å². The number of nitrogens with zero attached hydrogens (tertiary/aromatic N) is 1. The lowest BCUT2D eigenvalue weighted by molar-refractivity contribution is 0.0694. The molecule has 2 aliphatic rings. The number of hydrogen-bond acceptors (Lipinski definition) is 4. The summed E-state index contributed by atoms with van der Waals surface area (Å²) in [5, 5.41) is 12.8. The first kappa shape index (κ1) is 14.1. The average Bonchev–Trinajstić information content (AvgIpc) is 3.17. The maximum absolute atomic E-state index is 11.5. The minimum atomic E-state index is -0.880. The van der Waals surface area contributed by atoms with E-state index in [0.29, 0.717) is 17.4 Å². The molecule has 0 spiro atoms. The van der Waals surface area contributed by atoms with Crippen molar-refractivity contribution in [1.29, 1.82) is 0 Å². The van der Waals surface area contributed by atoms with Crippen LogP contribution in [0.1, 0.15) is 52.6 Å². The highest BCUT2D eigenvalue weighted by Gasteiger charge is 2.41. The number of nitrogens with one attached hydrogen (secondary N) is 1. The zero-order valence-electron chi connectivity index (χ0n) is 12.9. The standard InChI is InChI=1S/C18H18N2O3/c1-23-13-4-2-3-12(8-13)20-17-16-11-6-5-10(7-11)15(16)14(9-19-17)18(21)22/h2-4,8-11H,5-7H2,1H3,(H,19,20)(H,21,22). The molecule has 2 unspecified atom stereocenters. The number of aromatic carboxylic acids is 1. The van der Waals surface area contributed by atoms with E-state index in [1.807, 2.05) is 24.3 Å². The number of ether oxygens (including phenoxy) is 1. The first-order valence-electron chi connectivity index (χ1n) is 7.84. The van der Waals surface area contributed by atoms with Crippen LogP contribution >= 0.6 is 0 Å². The van der Waals surface area contributed by atoms with Crippen molar-refractivity contribution in [2.75, 3.05) is 12.4 Å². The highest BCUT2D eigenvalue weighted by molar-refractivity contribution is 5.91. The number of methoxy groups -OCH3 is 1. The number of aromatic nitrogens is 1. The smallest absolute Gasteiger partial charge is 0.337 e. The number of carboxylic acids is 1. The monoisotopic (exact) mass is 310 g/mol. The molecular formula is C18H18N2O3. The number of anilines is 2. The molecule has 0 amide bonds. The van der Waals surface area contributed by atoms with Crippen LogP contribution in [0, 0.1) is 0 Å². The zero-order valence-corrected chi connectivity index (χ0v) is 12.9. The summed E-state index contributed by atoms with van der Waals surface area (Å²) >= 11 is 0. The van der Waals surface area contributed by atoms with E-state index in [1.54, 1.807) is 7.11 Å². The molecule has 1 fully saturated rings. The van der Waals surface area contributed by atoms with Gasteiger partial charge in [-0.15, -0.1) is 0 Å². The lowest BCUT2D eigenvalue weighted by Gasteiger charge is -2.21. The van der Waals surface area contributed by atoms with Crippen LogP contribution < -0.4 is 10.1 Å². The molecule has 2 N–H and O–H groups in total. The van der Waals surface area contributed by atoms with E-state index in [4.69, 9.17) is 4.74 Å². The third-order valence-electron chi connectivity index (χ3n) is 4.97. The van der Waals surface area contributed by atoms with Gasteiger partial charge in [-0.05, 0) is 48.8 Å². The Morgan fingerprint density at radius 1 is 1.30 bits per heavy atom. The Labute approximate surface area is 134 Å². The van der Waals surface area contributed by atoms with Gasteiger partial charge in [-0.1, -0.05) is 6.07 Å². The van der Waals surface area contributed by atoms with Gasteiger partial charge in [-0.25, -0.2) is 9.78 Å². The Bertz CT molecular complexity index is 788. The van der Waals surface area contributed by atoms with E-state index < -0.39 is 5.97 Å². The number of fused-ring (bicyclic) bond motifs is 5. The van der Waals surface area contributed by atoms with Crippen molar-refractivity contribution in [3.05, 3.63) is 47.2 Å². The van der Waals surface area contributed by atoms with E-state index in [9.17, 15) is 9.90 Å². The molecule has 0 saturated heterocycles. The number of hydrogen-bond donors (Lipinski definition) is 2. The van der Waals surface area contributed by atoms with E-state index in [2.05, 4.69) is 10.3 Å². The molecule has 1 aromatic heterocycles. The molecule has 2 aromatic rings. The summed E-state index contributed by atoms with van der Waals surface area (Å²) < 4.78 is 5.25. The summed E-state index contributed by atoms with van der Waals surface area (Å²) in [6.45, 7) is 0. The molecular weight excluding hydrogens is 292 g/mol. The number of rotatable bonds is 4. The fourth-order valence-electron chi connectivity index (χ4n) is 4.01. The third kappa shape index (κ3) is 2.23. The summed E-state index contributed by atoms with van der Waals surface area (Å²) in [4.78, 5) is 15.9. The van der Waals surface area contributed by atoms with Crippen molar-refractivity contribution >= 4 is 17.5 Å². The summed E-state index contributed by atoms with van der Waals surface area (Å²) in [6, 6.07) is 7.67. The first-order valence-corrected chi connectivity index (χ1v) is 7.84. The molecule has 2 bridgehead atoms. The Morgan fingerprint density at radius 2 is 2.09 bits per heavy atom. The summed E-state index contributed by atoms with van der Waals surface area (Å²) in [6.07, 6.45) is 4.74. The van der Waals surface area contributed by atoms with E-state index >= 15 is 0 Å². The lowest BCUT2D eigenvalue weighted by atomic mass is 9.89. The molecule has 1 saturated carbocycles. The normalized spacial score (nSPS) is 21.1. The zero-order chi connectivity index (χ0) is 16.0. The van der Waals surface area contributed by atoms with Crippen LogP contribution in [0.4, 0.5) is 11.5 Å². The molecule has 2 atom stereocenters. The Balaban J connectivity index is 1.77. The quantitative estimate of drug-likeness (QED) is 0.896. The van der Waals surface area contributed by atoms with Crippen LogP contribution in [-0.4, -0.2) is 23.2 Å². The minimum Gasteiger partial charge on any atom is -0.497 e. The van der Waals surface area contributed by atoms with Gasteiger partial charge in [-0.3, -0.25) is 0 Å². The number of carbonyl (C=O) groups is 1. The SMILES string of the molecule is COc1cccc(Nc2ncc(C(=O)O)c3c2C2CCC3C2)c1. The predicted octanol–water partition coefficient (Wildman–Crippen LogP) is 3.90. The second kappa shape index (κ2) is 5.26. The molecule has 4 rings (SSSR count). The number of carboxylic acid groups (broad SMARTS) is 1. The Morgan fingerprint density at radius 3 is 2.83 bits per heavy atom. The van der Waals surface area contributed by atoms with Crippen LogP contribution in [0.3, 0.4) is 0 Å². The summed E-state index contributed by atoms with van der Waals surface area (Å²) in [5.74, 6) is 1.47. The van der Waals surface area contributed by atoms with Crippen molar-refractivity contribution < 1.29 is 14.6 Å². The van der Waals surface area contributed by atoms with Crippen LogP contribution in [-0.2, 0) is 0 Å². The van der Waals surface area contributed by atoms with Crippen LogP contribution in [0.15, 0.2) is 30.5 Å². The fraction of sp³-hybridized carbons (Fsp3) is 0.333. The Hall–Kier alpha value is -2.56. The van der Waals surface area contributed by atoms with Crippen LogP contribution in [0.5, 0.6) is 5.75 Å². The van der Waals surface area contributed by atoms with Gasteiger partial charge in [0.1, 0.15) is 11.6 Å². The minimum absolute atomic E-state index is 0.364. The average molecular weight is 310 g/mol. The van der Waals surface area contributed by atoms with Crippen LogP contribution in [0.25, 0.3) is 0 Å². The summed E-state index contributed by atoms with van der Waals surface area (Å²) in [7, 11) is 1.63.